The Morgan fingerprint density at radius 3 is 2.16 bits per heavy atom. The molecule has 2 fully saturated rings. The van der Waals surface area contributed by atoms with Crippen molar-refractivity contribution in [1.29, 1.82) is 0 Å². The standard InChI is InChI=1S/C24H23N3O4S/c28-23-17-22(24(29)27(23)21-12-6-8-18-7-4-5-11-20(18)21)25-13-15-26(16-14-25)32(30,31)19-9-2-1-3-10-19/h1-12,22H,13-17H2/t22-/m0/s1. The van der Waals surface area contributed by atoms with E-state index in [1.54, 1.807) is 36.4 Å². The Labute approximate surface area is 186 Å². The molecular formula is C24H23N3O4S. The number of amides is 2. The fourth-order valence-electron chi connectivity index (χ4n) is 4.55. The molecule has 2 aliphatic heterocycles. The van der Waals surface area contributed by atoms with Crippen LogP contribution in [-0.4, -0.2) is 61.7 Å². The predicted octanol–water partition coefficient (Wildman–Crippen LogP) is 2.48. The summed E-state index contributed by atoms with van der Waals surface area (Å²) in [6.45, 7) is 1.37. The lowest BCUT2D eigenvalue weighted by molar-refractivity contribution is -0.123. The minimum Gasteiger partial charge on any atom is -0.289 e. The first kappa shape index (κ1) is 20.8. The monoisotopic (exact) mass is 449 g/mol. The van der Waals surface area contributed by atoms with Crippen LogP contribution in [0.2, 0.25) is 0 Å². The minimum absolute atomic E-state index is 0.105. The van der Waals surface area contributed by atoms with Gasteiger partial charge in [-0.3, -0.25) is 14.5 Å². The van der Waals surface area contributed by atoms with E-state index in [9.17, 15) is 18.0 Å². The Morgan fingerprint density at radius 1 is 0.750 bits per heavy atom. The SMILES string of the molecule is O=C1C[C@H](N2CCN(S(=O)(=O)c3ccccc3)CC2)C(=O)N1c1cccc2ccccc12. The van der Waals surface area contributed by atoms with Crippen molar-refractivity contribution < 1.29 is 18.0 Å². The van der Waals surface area contributed by atoms with Crippen LogP contribution in [0.15, 0.2) is 77.7 Å². The summed E-state index contributed by atoms with van der Waals surface area (Å²) in [5.74, 6) is -0.471. The number of nitrogens with zero attached hydrogens (tertiary/aromatic N) is 3. The van der Waals surface area contributed by atoms with Crippen molar-refractivity contribution in [1.82, 2.24) is 9.21 Å². The van der Waals surface area contributed by atoms with E-state index in [1.165, 1.54) is 9.21 Å². The fraction of sp³-hybridized carbons (Fsp3) is 0.250. The van der Waals surface area contributed by atoms with E-state index in [0.717, 1.165) is 10.8 Å². The average Bonchev–Trinajstić information content (AvgIpc) is 3.13. The maximum atomic E-state index is 13.3. The Kier molecular flexibility index (Phi) is 5.28. The number of fused-ring (bicyclic) bond motifs is 1. The van der Waals surface area contributed by atoms with E-state index >= 15 is 0 Å². The molecule has 0 saturated carbocycles. The van der Waals surface area contributed by atoms with Gasteiger partial charge in [-0.1, -0.05) is 54.6 Å². The van der Waals surface area contributed by atoms with E-state index in [1.807, 2.05) is 41.3 Å². The molecule has 0 aromatic heterocycles. The summed E-state index contributed by atoms with van der Waals surface area (Å²) in [6, 6.07) is 21.1. The number of hydrogen-bond donors (Lipinski definition) is 0. The summed E-state index contributed by atoms with van der Waals surface area (Å²) in [5, 5.41) is 1.82. The summed E-state index contributed by atoms with van der Waals surface area (Å²) < 4.78 is 27.2. The van der Waals surface area contributed by atoms with E-state index in [-0.39, 0.29) is 36.2 Å². The van der Waals surface area contributed by atoms with E-state index in [4.69, 9.17) is 0 Å². The molecule has 1 atom stereocenters. The lowest BCUT2D eigenvalue weighted by Crippen LogP contribution is -2.53. The van der Waals surface area contributed by atoms with Crippen LogP contribution in [0.25, 0.3) is 10.8 Å². The zero-order valence-corrected chi connectivity index (χ0v) is 18.2. The first-order chi connectivity index (χ1) is 15.5. The summed E-state index contributed by atoms with van der Waals surface area (Å²) in [5.41, 5.74) is 0.603. The molecule has 0 unspecified atom stereocenters. The zero-order chi connectivity index (χ0) is 22.3. The fourth-order valence-corrected chi connectivity index (χ4v) is 6.00. The second-order valence-corrected chi connectivity index (χ2v) is 9.98. The number of carbonyl (C=O) groups is 2. The Bertz CT molecular complexity index is 1280. The molecule has 8 heteroatoms. The van der Waals surface area contributed by atoms with Crippen molar-refractivity contribution in [3.63, 3.8) is 0 Å². The van der Waals surface area contributed by atoms with Gasteiger partial charge in [-0.15, -0.1) is 0 Å². The van der Waals surface area contributed by atoms with Crippen LogP contribution in [0.1, 0.15) is 6.42 Å². The molecule has 5 rings (SSSR count). The number of hydrogen-bond acceptors (Lipinski definition) is 5. The van der Waals surface area contributed by atoms with Gasteiger partial charge in [0, 0.05) is 31.6 Å². The predicted molar refractivity (Wildman–Crippen MR) is 122 cm³/mol. The van der Waals surface area contributed by atoms with Crippen molar-refractivity contribution in [3.8, 4) is 0 Å². The van der Waals surface area contributed by atoms with Crippen molar-refractivity contribution in [2.45, 2.75) is 17.4 Å². The highest BCUT2D eigenvalue weighted by Crippen LogP contribution is 2.32. The van der Waals surface area contributed by atoms with Crippen LogP contribution in [0, 0.1) is 0 Å². The lowest BCUT2D eigenvalue weighted by atomic mass is 10.1. The van der Waals surface area contributed by atoms with E-state index < -0.39 is 16.1 Å². The molecule has 32 heavy (non-hydrogen) atoms. The number of carbonyl (C=O) groups excluding carboxylic acids is 2. The highest BCUT2D eigenvalue weighted by Gasteiger charge is 2.44. The van der Waals surface area contributed by atoms with Crippen LogP contribution in [0.5, 0.6) is 0 Å². The first-order valence-corrected chi connectivity index (χ1v) is 12.0. The van der Waals surface area contributed by atoms with Crippen LogP contribution in [0.4, 0.5) is 5.69 Å². The summed E-state index contributed by atoms with van der Waals surface area (Å²) in [6.07, 6.45) is 0.105. The van der Waals surface area contributed by atoms with Gasteiger partial charge in [-0.05, 0) is 23.6 Å². The van der Waals surface area contributed by atoms with Gasteiger partial charge >= 0.3 is 0 Å². The molecule has 2 aliphatic rings. The molecular weight excluding hydrogens is 426 g/mol. The van der Waals surface area contributed by atoms with Gasteiger partial charge in [-0.2, -0.15) is 4.31 Å². The third kappa shape index (κ3) is 3.50. The van der Waals surface area contributed by atoms with Gasteiger partial charge in [0.05, 0.1) is 23.0 Å². The minimum atomic E-state index is -3.57. The number of rotatable bonds is 4. The second-order valence-electron chi connectivity index (χ2n) is 8.04. The van der Waals surface area contributed by atoms with Crippen LogP contribution in [0.3, 0.4) is 0 Å². The third-order valence-corrected chi connectivity index (χ3v) is 8.14. The molecule has 0 N–H and O–H groups in total. The van der Waals surface area contributed by atoms with Gasteiger partial charge in [0.15, 0.2) is 0 Å². The molecule has 0 bridgehead atoms. The quantitative estimate of drug-likeness (QED) is 0.572. The molecule has 0 spiro atoms. The van der Waals surface area contributed by atoms with Gasteiger partial charge in [0.1, 0.15) is 0 Å². The normalized spacial score (nSPS) is 20.9. The number of piperazine rings is 1. The number of benzene rings is 3. The first-order valence-electron chi connectivity index (χ1n) is 10.6. The van der Waals surface area contributed by atoms with Gasteiger partial charge in [0.2, 0.25) is 15.9 Å². The van der Waals surface area contributed by atoms with Crippen LogP contribution >= 0.6 is 0 Å². The lowest BCUT2D eigenvalue weighted by Gasteiger charge is -2.36. The Morgan fingerprint density at radius 2 is 1.41 bits per heavy atom. The smallest absolute Gasteiger partial charge is 0.251 e. The van der Waals surface area contributed by atoms with Gasteiger partial charge in [0.25, 0.3) is 5.91 Å². The molecule has 3 aromatic carbocycles. The van der Waals surface area contributed by atoms with Gasteiger partial charge in [-0.25, -0.2) is 13.3 Å². The maximum absolute atomic E-state index is 13.3. The molecule has 2 heterocycles. The van der Waals surface area contributed by atoms with Crippen molar-refractivity contribution >= 4 is 38.3 Å². The van der Waals surface area contributed by atoms with Crippen molar-refractivity contribution in [3.05, 3.63) is 72.8 Å². The van der Waals surface area contributed by atoms with Crippen LogP contribution in [-0.2, 0) is 19.6 Å². The van der Waals surface area contributed by atoms with Gasteiger partial charge < -0.3 is 0 Å². The summed E-state index contributed by atoms with van der Waals surface area (Å²) in [4.78, 5) is 29.6. The topological polar surface area (TPSA) is 78.0 Å². The molecule has 3 aromatic rings. The Hall–Kier alpha value is -3.07. The summed E-state index contributed by atoms with van der Waals surface area (Å²) >= 11 is 0. The highest BCUT2D eigenvalue weighted by atomic mass is 32.2. The Balaban J connectivity index is 1.33. The molecule has 2 saturated heterocycles. The van der Waals surface area contributed by atoms with Crippen molar-refractivity contribution in [2.75, 3.05) is 31.1 Å². The third-order valence-electron chi connectivity index (χ3n) is 6.23. The number of imide groups is 1. The number of anilines is 1. The second kappa shape index (κ2) is 8.12. The average molecular weight is 450 g/mol. The molecule has 7 nitrogen and oxygen atoms in total. The zero-order valence-electron chi connectivity index (χ0n) is 17.4. The summed E-state index contributed by atoms with van der Waals surface area (Å²) in [7, 11) is -3.57. The molecule has 0 radical (unpaired) electrons. The maximum Gasteiger partial charge on any atom is 0.251 e. The van der Waals surface area contributed by atoms with Crippen molar-refractivity contribution in [2.24, 2.45) is 0 Å². The van der Waals surface area contributed by atoms with Crippen LogP contribution < -0.4 is 4.90 Å². The highest BCUT2D eigenvalue weighted by molar-refractivity contribution is 7.89. The van der Waals surface area contributed by atoms with E-state index in [0.29, 0.717) is 18.8 Å². The number of sulfonamides is 1. The van der Waals surface area contributed by atoms with E-state index in [2.05, 4.69) is 0 Å². The molecule has 0 aliphatic carbocycles. The largest absolute Gasteiger partial charge is 0.289 e. The molecule has 164 valence electrons. The molecule has 2 amide bonds.